The van der Waals surface area contributed by atoms with Gasteiger partial charge in [-0.15, -0.1) is 0 Å². The molecule has 0 radical (unpaired) electrons. The van der Waals surface area contributed by atoms with E-state index in [-0.39, 0.29) is 18.4 Å². The summed E-state index contributed by atoms with van der Waals surface area (Å²) >= 11 is 5.92. The zero-order valence-corrected chi connectivity index (χ0v) is 14.0. The van der Waals surface area contributed by atoms with Crippen molar-refractivity contribution in [2.75, 3.05) is 19.0 Å². The van der Waals surface area contributed by atoms with Crippen LogP contribution in [0.3, 0.4) is 0 Å². The Hall–Kier alpha value is -3.06. The van der Waals surface area contributed by atoms with Gasteiger partial charge in [-0.05, 0) is 47.6 Å². The maximum absolute atomic E-state index is 11.9. The maximum atomic E-state index is 11.9. The number of aromatic nitrogens is 2. The van der Waals surface area contributed by atoms with Crippen LogP contribution < -0.4 is 14.8 Å². The molecule has 1 heterocycles. The number of nitrogens with zero attached hydrogens (tertiary/aromatic N) is 2. The molecule has 1 N–H and O–H groups in total. The predicted molar refractivity (Wildman–Crippen MR) is 91.9 cm³/mol. The van der Waals surface area contributed by atoms with E-state index in [1.54, 1.807) is 55.6 Å². The molecule has 25 heavy (non-hydrogen) atoms. The van der Waals surface area contributed by atoms with Crippen LogP contribution in [-0.2, 0) is 4.79 Å². The molecule has 0 aliphatic rings. The molecule has 0 atom stereocenters. The minimum atomic E-state index is -0.408. The molecule has 0 bridgehead atoms. The van der Waals surface area contributed by atoms with Gasteiger partial charge in [0.25, 0.3) is 17.7 Å². The molecule has 1 aromatic heterocycles. The Morgan fingerprint density at radius 3 is 2.68 bits per heavy atom. The Bertz CT molecular complexity index is 864. The molecule has 0 aliphatic heterocycles. The van der Waals surface area contributed by atoms with Crippen molar-refractivity contribution in [1.82, 2.24) is 10.1 Å². The van der Waals surface area contributed by atoms with E-state index < -0.39 is 5.91 Å². The van der Waals surface area contributed by atoms with Crippen molar-refractivity contribution in [3.8, 4) is 23.0 Å². The van der Waals surface area contributed by atoms with Crippen molar-refractivity contribution >= 4 is 23.5 Å². The Balaban J connectivity index is 1.56. The number of carbonyl (C=O) groups excluding carboxylic acids is 1. The molecular formula is C17H14ClN3O4. The molecule has 3 rings (SSSR count). The topological polar surface area (TPSA) is 86.5 Å². The summed E-state index contributed by atoms with van der Waals surface area (Å²) in [7, 11) is 1.58. The van der Waals surface area contributed by atoms with Crippen LogP contribution in [0.25, 0.3) is 11.5 Å². The largest absolute Gasteiger partial charge is 0.497 e. The Kier molecular flexibility index (Phi) is 5.15. The second-order valence-electron chi connectivity index (χ2n) is 4.95. The zero-order valence-electron chi connectivity index (χ0n) is 13.2. The van der Waals surface area contributed by atoms with Crippen molar-refractivity contribution in [2.24, 2.45) is 0 Å². The average molecular weight is 360 g/mol. The number of rotatable bonds is 6. The standard InChI is InChI=1S/C17H14ClN3O4/c1-23-13-5-7-14(8-6-13)24-10-15(22)19-17-20-16(25-21-17)11-3-2-4-12(18)9-11/h2-9H,10H2,1H3,(H,19,21,22). The normalized spacial score (nSPS) is 10.3. The Labute approximate surface area is 148 Å². The van der Waals surface area contributed by atoms with E-state index >= 15 is 0 Å². The van der Waals surface area contributed by atoms with E-state index in [2.05, 4.69) is 15.5 Å². The van der Waals surface area contributed by atoms with E-state index in [0.29, 0.717) is 22.1 Å². The van der Waals surface area contributed by atoms with Crippen LogP contribution in [0.5, 0.6) is 11.5 Å². The highest BCUT2D eigenvalue weighted by molar-refractivity contribution is 6.30. The quantitative estimate of drug-likeness (QED) is 0.725. The number of ether oxygens (including phenoxy) is 2. The third-order valence-corrected chi connectivity index (χ3v) is 3.41. The lowest BCUT2D eigenvalue weighted by Gasteiger charge is -2.06. The molecule has 128 valence electrons. The molecule has 0 unspecified atom stereocenters. The van der Waals surface area contributed by atoms with Crippen LogP contribution in [0.1, 0.15) is 0 Å². The van der Waals surface area contributed by atoms with Gasteiger partial charge in [0, 0.05) is 10.6 Å². The molecule has 0 saturated carbocycles. The van der Waals surface area contributed by atoms with Crippen molar-refractivity contribution in [3.05, 3.63) is 53.6 Å². The first-order chi connectivity index (χ1) is 12.1. The van der Waals surface area contributed by atoms with Gasteiger partial charge >= 0.3 is 0 Å². The molecule has 0 spiro atoms. The molecule has 2 aromatic carbocycles. The summed E-state index contributed by atoms with van der Waals surface area (Å²) in [5, 5.41) is 6.76. The van der Waals surface area contributed by atoms with E-state index in [1.807, 2.05) is 0 Å². The van der Waals surface area contributed by atoms with Gasteiger partial charge in [-0.25, -0.2) is 0 Å². The van der Waals surface area contributed by atoms with Crippen molar-refractivity contribution in [1.29, 1.82) is 0 Å². The van der Waals surface area contributed by atoms with E-state index in [9.17, 15) is 4.79 Å². The van der Waals surface area contributed by atoms with E-state index in [4.69, 9.17) is 25.6 Å². The van der Waals surface area contributed by atoms with Crippen molar-refractivity contribution < 1.29 is 18.8 Å². The number of carbonyl (C=O) groups is 1. The Morgan fingerprint density at radius 1 is 1.20 bits per heavy atom. The third-order valence-electron chi connectivity index (χ3n) is 3.18. The van der Waals surface area contributed by atoms with Crippen molar-refractivity contribution in [3.63, 3.8) is 0 Å². The minimum Gasteiger partial charge on any atom is -0.497 e. The zero-order chi connectivity index (χ0) is 17.6. The lowest BCUT2D eigenvalue weighted by molar-refractivity contribution is -0.118. The van der Waals surface area contributed by atoms with Crippen LogP contribution >= 0.6 is 11.6 Å². The van der Waals surface area contributed by atoms with Gasteiger partial charge in [-0.3, -0.25) is 10.1 Å². The summed E-state index contributed by atoms with van der Waals surface area (Å²) in [6.45, 7) is -0.187. The van der Waals surface area contributed by atoms with Crippen molar-refractivity contribution in [2.45, 2.75) is 0 Å². The van der Waals surface area contributed by atoms with Gasteiger partial charge in [0.1, 0.15) is 11.5 Å². The summed E-state index contributed by atoms with van der Waals surface area (Å²) in [6.07, 6.45) is 0. The number of halogens is 1. The van der Waals surface area contributed by atoms with Crippen LogP contribution in [0.2, 0.25) is 5.02 Å². The second-order valence-corrected chi connectivity index (χ2v) is 5.38. The number of hydrogen-bond donors (Lipinski definition) is 1. The summed E-state index contributed by atoms with van der Waals surface area (Å²) < 4.78 is 15.5. The fourth-order valence-corrected chi connectivity index (χ4v) is 2.18. The smallest absolute Gasteiger partial charge is 0.270 e. The average Bonchev–Trinajstić information content (AvgIpc) is 3.09. The first-order valence-electron chi connectivity index (χ1n) is 7.30. The van der Waals surface area contributed by atoms with Gasteiger partial charge in [0.05, 0.1) is 7.11 Å². The number of nitrogens with one attached hydrogen (secondary N) is 1. The van der Waals surface area contributed by atoms with Crippen LogP contribution in [0.15, 0.2) is 53.1 Å². The summed E-state index contributed by atoms with van der Waals surface area (Å²) in [6, 6.07) is 13.9. The molecule has 0 saturated heterocycles. The van der Waals surface area contributed by atoms with Gasteiger partial charge in [-0.2, -0.15) is 4.98 Å². The fourth-order valence-electron chi connectivity index (χ4n) is 1.99. The molecule has 8 heteroatoms. The summed E-state index contributed by atoms with van der Waals surface area (Å²) in [5.41, 5.74) is 0.662. The van der Waals surface area contributed by atoms with Gasteiger partial charge < -0.3 is 14.0 Å². The molecule has 3 aromatic rings. The molecule has 0 aliphatic carbocycles. The number of amides is 1. The summed E-state index contributed by atoms with van der Waals surface area (Å²) in [4.78, 5) is 16.0. The minimum absolute atomic E-state index is 0.0540. The fraction of sp³-hybridized carbons (Fsp3) is 0.118. The highest BCUT2D eigenvalue weighted by Gasteiger charge is 2.12. The number of hydrogen-bond acceptors (Lipinski definition) is 6. The third kappa shape index (κ3) is 4.48. The predicted octanol–water partition coefficient (Wildman–Crippen LogP) is 3.42. The maximum Gasteiger partial charge on any atom is 0.270 e. The van der Waals surface area contributed by atoms with Crippen LogP contribution in [-0.4, -0.2) is 29.8 Å². The lowest BCUT2D eigenvalue weighted by Crippen LogP contribution is -2.20. The van der Waals surface area contributed by atoms with Gasteiger partial charge in [0.15, 0.2) is 6.61 Å². The second kappa shape index (κ2) is 7.67. The molecular weight excluding hydrogens is 346 g/mol. The first-order valence-corrected chi connectivity index (χ1v) is 7.68. The molecule has 7 nitrogen and oxygen atoms in total. The highest BCUT2D eigenvalue weighted by atomic mass is 35.5. The lowest BCUT2D eigenvalue weighted by atomic mass is 10.2. The summed E-state index contributed by atoms with van der Waals surface area (Å²) in [5.74, 6) is 1.15. The number of methoxy groups -OCH3 is 1. The van der Waals surface area contributed by atoms with Gasteiger partial charge in [-0.1, -0.05) is 17.7 Å². The first kappa shape index (κ1) is 16.8. The van der Waals surface area contributed by atoms with E-state index in [1.165, 1.54) is 0 Å². The van der Waals surface area contributed by atoms with Crippen LogP contribution in [0, 0.1) is 0 Å². The highest BCUT2D eigenvalue weighted by Crippen LogP contribution is 2.22. The monoisotopic (exact) mass is 359 g/mol. The van der Waals surface area contributed by atoms with Gasteiger partial charge in [0.2, 0.25) is 0 Å². The number of anilines is 1. The SMILES string of the molecule is COc1ccc(OCC(=O)Nc2noc(-c3cccc(Cl)c3)n2)cc1. The molecule has 1 amide bonds. The number of benzene rings is 2. The van der Waals surface area contributed by atoms with E-state index in [0.717, 1.165) is 0 Å². The Morgan fingerprint density at radius 2 is 1.96 bits per heavy atom. The van der Waals surface area contributed by atoms with Crippen LogP contribution in [0.4, 0.5) is 5.95 Å². The molecule has 0 fully saturated rings.